The summed E-state index contributed by atoms with van der Waals surface area (Å²) in [5.41, 5.74) is 7.72. The Labute approximate surface area is 188 Å². The van der Waals surface area contributed by atoms with E-state index in [2.05, 4.69) is 89.4 Å². The predicted octanol–water partition coefficient (Wildman–Crippen LogP) is 7.44. The molecular formula is C29H36O2. The molecule has 2 saturated heterocycles. The molecule has 2 heterocycles. The third-order valence-corrected chi connectivity index (χ3v) is 7.00. The van der Waals surface area contributed by atoms with Crippen LogP contribution in [0.15, 0.2) is 72.8 Å². The first kappa shape index (κ1) is 22.0. The van der Waals surface area contributed by atoms with Gasteiger partial charge in [0.1, 0.15) is 12.2 Å². The van der Waals surface area contributed by atoms with Crippen LogP contribution in [0.25, 0.3) is 0 Å². The third-order valence-electron chi connectivity index (χ3n) is 7.00. The minimum absolute atomic E-state index is 0.239. The second-order valence-corrected chi connectivity index (χ2v) is 9.77. The number of epoxide rings is 2. The Morgan fingerprint density at radius 3 is 1.42 bits per heavy atom. The number of benzene rings is 2. The number of hydrogen-bond acceptors (Lipinski definition) is 2. The highest BCUT2D eigenvalue weighted by Gasteiger charge is 2.41. The van der Waals surface area contributed by atoms with Crippen LogP contribution < -0.4 is 0 Å². The molecule has 2 nitrogen and oxygen atoms in total. The molecule has 164 valence electrons. The quantitative estimate of drug-likeness (QED) is 0.297. The van der Waals surface area contributed by atoms with Crippen molar-refractivity contribution in [1.29, 1.82) is 0 Å². The number of rotatable bonds is 10. The summed E-state index contributed by atoms with van der Waals surface area (Å²) in [5.74, 6) is 0.922. The molecule has 0 unspecified atom stereocenters. The van der Waals surface area contributed by atoms with Crippen molar-refractivity contribution < 1.29 is 9.47 Å². The van der Waals surface area contributed by atoms with Crippen LogP contribution in [-0.4, -0.2) is 12.2 Å². The zero-order chi connectivity index (χ0) is 22.1. The molecule has 2 aromatic rings. The monoisotopic (exact) mass is 416 g/mol. The van der Waals surface area contributed by atoms with Gasteiger partial charge in [-0.3, -0.25) is 0 Å². The van der Waals surface area contributed by atoms with E-state index in [9.17, 15) is 0 Å². The Balaban J connectivity index is 1.20. The molecule has 0 aliphatic carbocycles. The van der Waals surface area contributed by atoms with Crippen molar-refractivity contribution in [2.75, 3.05) is 0 Å². The lowest BCUT2D eigenvalue weighted by Crippen LogP contribution is -2.10. The maximum absolute atomic E-state index is 5.94. The average molecular weight is 417 g/mol. The third kappa shape index (κ3) is 5.56. The summed E-state index contributed by atoms with van der Waals surface area (Å²) in [6.07, 6.45) is 4.02. The van der Waals surface area contributed by atoms with Crippen LogP contribution in [0.1, 0.15) is 67.6 Å². The van der Waals surface area contributed by atoms with Crippen molar-refractivity contribution in [1.82, 2.24) is 0 Å². The first-order valence-electron chi connectivity index (χ1n) is 11.6. The zero-order valence-corrected chi connectivity index (χ0v) is 19.4. The summed E-state index contributed by atoms with van der Waals surface area (Å²) in [7, 11) is 0. The Hall–Kier alpha value is -2.16. The van der Waals surface area contributed by atoms with E-state index in [4.69, 9.17) is 9.47 Å². The number of ether oxygens (including phenoxy) is 2. The van der Waals surface area contributed by atoms with Gasteiger partial charge in [-0.05, 0) is 56.1 Å². The minimum Gasteiger partial charge on any atom is -0.364 e. The second kappa shape index (κ2) is 9.14. The Kier molecular flexibility index (Phi) is 6.50. The molecule has 2 aliphatic rings. The largest absolute Gasteiger partial charge is 0.364 e. The van der Waals surface area contributed by atoms with Crippen LogP contribution in [0.3, 0.4) is 0 Å². The highest BCUT2D eigenvalue weighted by molar-refractivity contribution is 5.28. The Morgan fingerprint density at radius 1 is 0.710 bits per heavy atom. The molecule has 0 saturated carbocycles. The first-order valence-corrected chi connectivity index (χ1v) is 11.6. The highest BCUT2D eigenvalue weighted by atomic mass is 16.6. The van der Waals surface area contributed by atoms with Crippen molar-refractivity contribution in [3.05, 3.63) is 95.1 Å². The molecule has 2 heteroatoms. The van der Waals surface area contributed by atoms with Crippen molar-refractivity contribution >= 4 is 0 Å². The molecule has 0 aromatic heterocycles. The summed E-state index contributed by atoms with van der Waals surface area (Å²) in [4.78, 5) is 0. The molecule has 0 radical (unpaired) electrons. The van der Waals surface area contributed by atoms with Gasteiger partial charge in [-0.1, -0.05) is 97.8 Å². The van der Waals surface area contributed by atoms with Crippen molar-refractivity contribution in [3.8, 4) is 0 Å². The van der Waals surface area contributed by atoms with E-state index in [0.29, 0.717) is 11.8 Å². The van der Waals surface area contributed by atoms with Crippen LogP contribution in [0, 0.1) is 25.7 Å². The fraction of sp³-hybridized carbons (Fsp3) is 0.448. The summed E-state index contributed by atoms with van der Waals surface area (Å²) in [6, 6.07) is 17.4. The first-order chi connectivity index (χ1) is 14.8. The summed E-state index contributed by atoms with van der Waals surface area (Å²) in [6.45, 7) is 17.6. The maximum Gasteiger partial charge on any atom is 0.109 e. The van der Waals surface area contributed by atoms with E-state index in [-0.39, 0.29) is 24.4 Å². The van der Waals surface area contributed by atoms with Gasteiger partial charge < -0.3 is 9.47 Å². The van der Waals surface area contributed by atoms with E-state index in [0.717, 1.165) is 19.3 Å². The molecule has 31 heavy (non-hydrogen) atoms. The lowest BCUT2D eigenvalue weighted by molar-refractivity contribution is 0.361. The molecule has 0 N–H and O–H groups in total. The van der Waals surface area contributed by atoms with Crippen molar-refractivity contribution in [2.45, 2.75) is 71.4 Å². The normalized spacial score (nSPS) is 26.2. The van der Waals surface area contributed by atoms with Gasteiger partial charge in [0, 0.05) is 0 Å². The van der Waals surface area contributed by atoms with Gasteiger partial charge >= 0.3 is 0 Å². The van der Waals surface area contributed by atoms with Gasteiger partial charge in [0.25, 0.3) is 0 Å². The average Bonchev–Trinajstić information content (AvgIpc) is 3.66. The van der Waals surface area contributed by atoms with Gasteiger partial charge in [0.15, 0.2) is 0 Å². The summed E-state index contributed by atoms with van der Waals surface area (Å²) < 4.78 is 11.9. The van der Waals surface area contributed by atoms with Crippen LogP contribution in [0.4, 0.5) is 0 Å². The molecule has 2 aliphatic heterocycles. The van der Waals surface area contributed by atoms with Gasteiger partial charge in [-0.2, -0.15) is 0 Å². The van der Waals surface area contributed by atoms with E-state index in [1.807, 2.05) is 0 Å². The topological polar surface area (TPSA) is 25.1 Å². The van der Waals surface area contributed by atoms with Crippen LogP contribution in [0.5, 0.6) is 0 Å². The van der Waals surface area contributed by atoms with E-state index in [1.165, 1.54) is 33.4 Å². The summed E-state index contributed by atoms with van der Waals surface area (Å²) in [5, 5.41) is 0. The summed E-state index contributed by atoms with van der Waals surface area (Å²) >= 11 is 0. The zero-order valence-electron chi connectivity index (χ0n) is 19.4. The van der Waals surface area contributed by atoms with Crippen LogP contribution in [0.2, 0.25) is 0 Å². The van der Waals surface area contributed by atoms with Crippen molar-refractivity contribution in [3.63, 3.8) is 0 Å². The minimum atomic E-state index is 0.239. The van der Waals surface area contributed by atoms with E-state index >= 15 is 0 Å². The highest BCUT2D eigenvalue weighted by Crippen LogP contribution is 2.45. The Morgan fingerprint density at radius 2 is 1.06 bits per heavy atom. The van der Waals surface area contributed by atoms with Gasteiger partial charge in [0.05, 0.1) is 12.2 Å². The SMILES string of the molecule is C=C(C[C@H]1O[C@@H]1c1ccc(C)cc1)[C@H](C)C[C@H](C)C(=C)C[C@H]1O[C@@H]1c1ccc(C)cc1. The van der Waals surface area contributed by atoms with E-state index in [1.54, 1.807) is 0 Å². The molecule has 2 aromatic carbocycles. The molecule has 0 bridgehead atoms. The lowest BCUT2D eigenvalue weighted by Gasteiger charge is -2.21. The fourth-order valence-corrected chi connectivity index (χ4v) is 4.48. The van der Waals surface area contributed by atoms with Crippen LogP contribution >= 0.6 is 0 Å². The molecule has 0 spiro atoms. The molecule has 2 fully saturated rings. The standard InChI is InChI=1S/C29H36O2/c1-18-7-11-24(12-8-18)28-26(30-28)16-22(5)20(3)15-21(4)23(6)17-27-29(31-27)25-13-9-19(2)10-14-25/h7-14,20-21,26-29H,5-6,15-17H2,1-4H3/t20-,21+,26-,27-,28-,29-/m1/s1. The maximum atomic E-state index is 5.94. The fourth-order valence-electron chi connectivity index (χ4n) is 4.48. The predicted molar refractivity (Wildman–Crippen MR) is 128 cm³/mol. The van der Waals surface area contributed by atoms with Crippen molar-refractivity contribution in [2.24, 2.45) is 11.8 Å². The van der Waals surface area contributed by atoms with Gasteiger partial charge in [-0.15, -0.1) is 0 Å². The molecule has 0 amide bonds. The molecule has 4 rings (SSSR count). The van der Waals surface area contributed by atoms with E-state index < -0.39 is 0 Å². The second-order valence-electron chi connectivity index (χ2n) is 9.77. The van der Waals surface area contributed by atoms with Gasteiger partial charge in [-0.25, -0.2) is 0 Å². The molecular weight excluding hydrogens is 380 g/mol. The van der Waals surface area contributed by atoms with Crippen LogP contribution in [-0.2, 0) is 9.47 Å². The lowest BCUT2D eigenvalue weighted by atomic mass is 9.84. The molecule has 6 atom stereocenters. The smallest absolute Gasteiger partial charge is 0.109 e. The van der Waals surface area contributed by atoms with Gasteiger partial charge in [0.2, 0.25) is 0 Å². The number of hydrogen-bond donors (Lipinski definition) is 0. The number of aryl methyl sites for hydroxylation is 2. The Bertz CT molecular complexity index is 847.